The van der Waals surface area contributed by atoms with Crippen LogP contribution in [0, 0.1) is 23.0 Å². The molecule has 0 aromatic heterocycles. The Bertz CT molecular complexity index is 514. The minimum atomic E-state index is -0.464. The summed E-state index contributed by atoms with van der Waals surface area (Å²) < 4.78 is 5.02. The van der Waals surface area contributed by atoms with Gasteiger partial charge in [0.15, 0.2) is 0 Å². The van der Waals surface area contributed by atoms with Crippen LogP contribution in [0.3, 0.4) is 0 Å². The molecule has 0 aliphatic carbocycles. The van der Waals surface area contributed by atoms with Gasteiger partial charge in [0.05, 0.1) is 11.5 Å². The van der Waals surface area contributed by atoms with Gasteiger partial charge in [0.25, 0.3) is 11.6 Å². The van der Waals surface area contributed by atoms with Crippen molar-refractivity contribution >= 4 is 11.6 Å². The molecule has 0 aliphatic heterocycles. The summed E-state index contributed by atoms with van der Waals surface area (Å²) in [5, 5.41) is 11.0. The van der Waals surface area contributed by atoms with E-state index in [-0.39, 0.29) is 11.6 Å². The van der Waals surface area contributed by atoms with Gasteiger partial charge in [0, 0.05) is 37.4 Å². The van der Waals surface area contributed by atoms with Crippen molar-refractivity contribution in [2.24, 2.45) is 5.92 Å². The van der Waals surface area contributed by atoms with Crippen LogP contribution >= 0.6 is 0 Å². The summed E-state index contributed by atoms with van der Waals surface area (Å²) in [6, 6.07) is 4.58. The second-order valence-corrected chi connectivity index (χ2v) is 5.40. The standard InChI is InChI=1S/C15H22N2O4/c1-11(2)10-16(7-8-21-4)15(18)13-6-5-12(3)14(9-13)17(19)20/h5-6,9,11H,7-8,10H2,1-4H3. The highest BCUT2D eigenvalue weighted by molar-refractivity contribution is 5.95. The number of nitro benzene ring substituents is 1. The fraction of sp³-hybridized carbons (Fsp3) is 0.533. The van der Waals surface area contributed by atoms with Crippen LogP contribution in [0.4, 0.5) is 5.69 Å². The van der Waals surface area contributed by atoms with Gasteiger partial charge in [-0.3, -0.25) is 14.9 Å². The zero-order valence-electron chi connectivity index (χ0n) is 13.0. The summed E-state index contributed by atoms with van der Waals surface area (Å²) in [5.41, 5.74) is 0.852. The highest BCUT2D eigenvalue weighted by atomic mass is 16.6. The predicted octanol–water partition coefficient (Wildman–Crippen LogP) is 2.65. The van der Waals surface area contributed by atoms with Crippen LogP contribution in [-0.2, 0) is 4.74 Å². The molecule has 1 aromatic carbocycles. The van der Waals surface area contributed by atoms with Gasteiger partial charge in [-0.2, -0.15) is 0 Å². The molecule has 0 unspecified atom stereocenters. The first kappa shape index (κ1) is 17.1. The molecular formula is C15H22N2O4. The summed E-state index contributed by atoms with van der Waals surface area (Å²) in [4.78, 5) is 24.7. The molecule has 116 valence electrons. The number of carbonyl (C=O) groups is 1. The third-order valence-corrected chi connectivity index (χ3v) is 3.09. The van der Waals surface area contributed by atoms with Gasteiger partial charge in [-0.15, -0.1) is 0 Å². The third kappa shape index (κ3) is 4.82. The largest absolute Gasteiger partial charge is 0.383 e. The predicted molar refractivity (Wildman–Crippen MR) is 80.5 cm³/mol. The van der Waals surface area contributed by atoms with E-state index in [9.17, 15) is 14.9 Å². The summed E-state index contributed by atoms with van der Waals surface area (Å²) in [6.45, 7) is 7.18. The van der Waals surface area contributed by atoms with E-state index in [2.05, 4.69) is 0 Å². The quantitative estimate of drug-likeness (QED) is 0.572. The van der Waals surface area contributed by atoms with Crippen molar-refractivity contribution < 1.29 is 14.5 Å². The fourth-order valence-corrected chi connectivity index (χ4v) is 2.04. The normalized spacial score (nSPS) is 10.7. The van der Waals surface area contributed by atoms with Gasteiger partial charge < -0.3 is 9.64 Å². The first-order valence-corrected chi connectivity index (χ1v) is 6.90. The lowest BCUT2D eigenvalue weighted by Crippen LogP contribution is -2.36. The van der Waals surface area contributed by atoms with Crippen LogP contribution in [0.2, 0.25) is 0 Å². The van der Waals surface area contributed by atoms with Crippen LogP contribution in [0.1, 0.15) is 29.8 Å². The van der Waals surface area contributed by atoms with Crippen molar-refractivity contribution in [3.63, 3.8) is 0 Å². The lowest BCUT2D eigenvalue weighted by atomic mass is 10.1. The van der Waals surface area contributed by atoms with E-state index < -0.39 is 4.92 Å². The number of carbonyl (C=O) groups excluding carboxylic acids is 1. The summed E-state index contributed by atoms with van der Waals surface area (Å²) >= 11 is 0. The van der Waals surface area contributed by atoms with Crippen LogP contribution in [0.25, 0.3) is 0 Å². The van der Waals surface area contributed by atoms with E-state index in [4.69, 9.17) is 4.74 Å². The minimum Gasteiger partial charge on any atom is -0.383 e. The smallest absolute Gasteiger partial charge is 0.273 e. The third-order valence-electron chi connectivity index (χ3n) is 3.09. The molecule has 0 atom stereocenters. The van der Waals surface area contributed by atoms with Crippen molar-refractivity contribution in [2.75, 3.05) is 26.8 Å². The highest BCUT2D eigenvalue weighted by Gasteiger charge is 2.20. The zero-order chi connectivity index (χ0) is 16.0. The maximum Gasteiger partial charge on any atom is 0.273 e. The maximum atomic E-state index is 12.5. The Morgan fingerprint density at radius 3 is 2.62 bits per heavy atom. The molecule has 0 spiro atoms. The molecule has 0 heterocycles. The minimum absolute atomic E-state index is 0.0305. The van der Waals surface area contributed by atoms with E-state index >= 15 is 0 Å². The van der Waals surface area contributed by atoms with Crippen LogP contribution < -0.4 is 0 Å². The van der Waals surface area contributed by atoms with Gasteiger partial charge in [0.1, 0.15) is 0 Å². The molecule has 0 N–H and O–H groups in total. The number of nitro groups is 1. The Labute approximate surface area is 124 Å². The van der Waals surface area contributed by atoms with Crippen molar-refractivity contribution in [2.45, 2.75) is 20.8 Å². The number of hydrogen-bond donors (Lipinski definition) is 0. The van der Waals surface area contributed by atoms with E-state index in [1.807, 2.05) is 13.8 Å². The van der Waals surface area contributed by atoms with Gasteiger partial charge in [-0.1, -0.05) is 19.9 Å². The van der Waals surface area contributed by atoms with Crippen LogP contribution in [0.5, 0.6) is 0 Å². The van der Waals surface area contributed by atoms with Crippen molar-refractivity contribution in [1.82, 2.24) is 4.90 Å². The molecule has 0 saturated heterocycles. The second kappa shape index (κ2) is 7.73. The Morgan fingerprint density at radius 2 is 2.10 bits per heavy atom. The second-order valence-electron chi connectivity index (χ2n) is 5.40. The molecule has 21 heavy (non-hydrogen) atoms. The molecule has 1 amide bonds. The molecule has 1 aromatic rings. The van der Waals surface area contributed by atoms with E-state index in [0.29, 0.717) is 36.7 Å². The summed E-state index contributed by atoms with van der Waals surface area (Å²) in [6.07, 6.45) is 0. The lowest BCUT2D eigenvalue weighted by molar-refractivity contribution is -0.385. The van der Waals surface area contributed by atoms with E-state index in [1.54, 1.807) is 31.1 Å². The first-order chi connectivity index (χ1) is 9.86. The number of amides is 1. The molecule has 0 saturated carbocycles. The Kier molecular flexibility index (Phi) is 6.30. The first-order valence-electron chi connectivity index (χ1n) is 6.90. The Hall–Kier alpha value is -1.95. The Balaban J connectivity index is 3.02. The maximum absolute atomic E-state index is 12.5. The molecular weight excluding hydrogens is 272 g/mol. The molecule has 1 rings (SSSR count). The van der Waals surface area contributed by atoms with Crippen LogP contribution in [0.15, 0.2) is 18.2 Å². The number of hydrogen-bond acceptors (Lipinski definition) is 4. The Morgan fingerprint density at radius 1 is 1.43 bits per heavy atom. The number of ether oxygens (including phenoxy) is 1. The van der Waals surface area contributed by atoms with Gasteiger partial charge in [-0.05, 0) is 18.9 Å². The van der Waals surface area contributed by atoms with Gasteiger partial charge >= 0.3 is 0 Å². The van der Waals surface area contributed by atoms with Crippen molar-refractivity contribution in [3.8, 4) is 0 Å². The molecule has 6 nitrogen and oxygen atoms in total. The zero-order valence-corrected chi connectivity index (χ0v) is 13.0. The molecule has 0 aliphatic rings. The van der Waals surface area contributed by atoms with Crippen molar-refractivity contribution in [3.05, 3.63) is 39.4 Å². The summed E-state index contributed by atoms with van der Waals surface area (Å²) in [7, 11) is 1.58. The summed E-state index contributed by atoms with van der Waals surface area (Å²) in [5.74, 6) is 0.107. The van der Waals surface area contributed by atoms with Crippen LogP contribution in [-0.4, -0.2) is 42.5 Å². The SMILES string of the molecule is COCCN(CC(C)C)C(=O)c1ccc(C)c([N+](=O)[O-])c1. The molecule has 0 bridgehead atoms. The molecule has 0 fully saturated rings. The average Bonchev–Trinajstić information content (AvgIpc) is 2.42. The molecule has 0 radical (unpaired) electrons. The number of benzene rings is 1. The number of methoxy groups -OCH3 is 1. The van der Waals surface area contributed by atoms with E-state index in [1.165, 1.54) is 6.07 Å². The number of rotatable bonds is 7. The van der Waals surface area contributed by atoms with Gasteiger partial charge in [0.2, 0.25) is 0 Å². The monoisotopic (exact) mass is 294 g/mol. The van der Waals surface area contributed by atoms with Crippen molar-refractivity contribution in [1.29, 1.82) is 0 Å². The fourth-order valence-electron chi connectivity index (χ4n) is 2.04. The number of nitrogens with zero attached hydrogens (tertiary/aromatic N) is 2. The lowest BCUT2D eigenvalue weighted by Gasteiger charge is -2.24. The average molecular weight is 294 g/mol. The highest BCUT2D eigenvalue weighted by Crippen LogP contribution is 2.20. The number of aryl methyl sites for hydroxylation is 1. The topological polar surface area (TPSA) is 72.7 Å². The van der Waals surface area contributed by atoms with E-state index in [0.717, 1.165) is 0 Å². The van der Waals surface area contributed by atoms with Gasteiger partial charge in [-0.25, -0.2) is 0 Å². The molecule has 6 heteroatoms.